The molecule has 0 amide bonds. The lowest BCUT2D eigenvalue weighted by molar-refractivity contribution is 0.283. The van der Waals surface area contributed by atoms with Crippen molar-refractivity contribution in [3.05, 3.63) is 29.8 Å². The second kappa shape index (κ2) is 6.13. The Morgan fingerprint density at radius 1 is 1.37 bits per heavy atom. The molecule has 19 heavy (non-hydrogen) atoms. The van der Waals surface area contributed by atoms with Gasteiger partial charge in [-0.1, -0.05) is 0 Å². The Morgan fingerprint density at radius 3 is 2.63 bits per heavy atom. The minimum absolute atomic E-state index is 0. The molecular weight excluding hydrogens is 298 g/mol. The second-order valence-electron chi connectivity index (χ2n) is 4.24. The fourth-order valence-electron chi connectivity index (χ4n) is 1.99. The fraction of sp³-hybridized carbons (Fsp3) is 0.455. The molecule has 1 atom stereocenters. The number of rotatable bonds is 2. The first-order chi connectivity index (χ1) is 8.43. The average Bonchev–Trinajstić information content (AvgIpc) is 2.28. The van der Waals surface area contributed by atoms with Crippen LogP contribution >= 0.6 is 12.4 Å². The van der Waals surface area contributed by atoms with Crippen molar-refractivity contribution in [1.29, 1.82) is 0 Å². The van der Waals surface area contributed by atoms with Crippen LogP contribution in [-0.4, -0.2) is 38.4 Å². The summed E-state index contributed by atoms with van der Waals surface area (Å²) in [7, 11) is -3.91. The van der Waals surface area contributed by atoms with E-state index < -0.39 is 26.6 Å². The molecule has 0 radical (unpaired) electrons. The van der Waals surface area contributed by atoms with Crippen molar-refractivity contribution in [1.82, 2.24) is 9.62 Å². The molecule has 0 spiro atoms. The van der Waals surface area contributed by atoms with Crippen LogP contribution in [0.5, 0.6) is 0 Å². The van der Waals surface area contributed by atoms with E-state index in [0.29, 0.717) is 19.2 Å². The summed E-state index contributed by atoms with van der Waals surface area (Å²) in [5.74, 6) is -1.85. The molecule has 108 valence electrons. The second-order valence-corrected chi connectivity index (χ2v) is 6.10. The van der Waals surface area contributed by atoms with Crippen LogP contribution in [0, 0.1) is 11.6 Å². The highest BCUT2D eigenvalue weighted by Gasteiger charge is 2.32. The van der Waals surface area contributed by atoms with Crippen molar-refractivity contribution in [2.24, 2.45) is 0 Å². The van der Waals surface area contributed by atoms with Crippen LogP contribution in [0.1, 0.15) is 6.92 Å². The third-order valence-corrected chi connectivity index (χ3v) is 4.97. The normalized spacial score (nSPS) is 20.9. The first-order valence-corrected chi connectivity index (χ1v) is 7.04. The summed E-state index contributed by atoms with van der Waals surface area (Å²) >= 11 is 0. The summed E-state index contributed by atoms with van der Waals surface area (Å²) in [6.45, 7) is 3.06. The highest BCUT2D eigenvalue weighted by Crippen LogP contribution is 2.22. The molecule has 4 nitrogen and oxygen atoms in total. The van der Waals surface area contributed by atoms with E-state index in [-0.39, 0.29) is 25.0 Å². The van der Waals surface area contributed by atoms with Crippen molar-refractivity contribution in [3.63, 3.8) is 0 Å². The number of halogens is 3. The van der Waals surface area contributed by atoms with E-state index in [1.165, 1.54) is 4.31 Å². The molecule has 1 aliphatic rings. The number of piperazine rings is 1. The van der Waals surface area contributed by atoms with Crippen molar-refractivity contribution < 1.29 is 17.2 Å². The lowest BCUT2D eigenvalue weighted by Gasteiger charge is -2.32. The summed E-state index contributed by atoms with van der Waals surface area (Å²) < 4.78 is 52.1. The zero-order chi connectivity index (χ0) is 13.3. The quantitative estimate of drug-likeness (QED) is 0.897. The first-order valence-electron chi connectivity index (χ1n) is 5.60. The van der Waals surface area contributed by atoms with Crippen LogP contribution in [-0.2, 0) is 10.0 Å². The minimum atomic E-state index is -3.91. The molecule has 1 saturated heterocycles. The van der Waals surface area contributed by atoms with E-state index in [1.807, 2.05) is 0 Å². The van der Waals surface area contributed by atoms with Crippen LogP contribution in [0.3, 0.4) is 0 Å². The SMILES string of the molecule is C[C@H]1CNCCN1S(=O)(=O)c1ccc(F)cc1F.Cl. The Kier molecular flexibility index (Phi) is 5.26. The molecule has 0 bridgehead atoms. The minimum Gasteiger partial charge on any atom is -0.314 e. The number of nitrogens with one attached hydrogen (secondary N) is 1. The van der Waals surface area contributed by atoms with Crippen molar-refractivity contribution in [2.45, 2.75) is 17.9 Å². The van der Waals surface area contributed by atoms with Gasteiger partial charge in [0.25, 0.3) is 0 Å². The van der Waals surface area contributed by atoms with Gasteiger partial charge in [0.05, 0.1) is 0 Å². The summed E-state index contributed by atoms with van der Waals surface area (Å²) in [5, 5.41) is 3.05. The molecule has 1 aromatic carbocycles. The number of sulfonamides is 1. The Balaban J connectivity index is 0.00000180. The number of nitrogens with zero attached hydrogens (tertiary/aromatic N) is 1. The summed E-state index contributed by atoms with van der Waals surface area (Å²) in [6, 6.07) is 2.24. The lowest BCUT2D eigenvalue weighted by atomic mass is 10.3. The molecule has 1 heterocycles. The molecule has 1 aromatic rings. The van der Waals surface area contributed by atoms with Gasteiger partial charge < -0.3 is 5.32 Å². The third kappa shape index (κ3) is 3.22. The summed E-state index contributed by atoms with van der Waals surface area (Å²) in [6.07, 6.45) is 0. The van der Waals surface area contributed by atoms with E-state index in [1.54, 1.807) is 6.92 Å². The van der Waals surface area contributed by atoms with E-state index in [2.05, 4.69) is 5.32 Å². The van der Waals surface area contributed by atoms with Crippen LogP contribution < -0.4 is 5.32 Å². The van der Waals surface area contributed by atoms with Crippen LogP contribution in [0.4, 0.5) is 8.78 Å². The van der Waals surface area contributed by atoms with Crippen molar-refractivity contribution in [3.8, 4) is 0 Å². The van der Waals surface area contributed by atoms with E-state index in [9.17, 15) is 17.2 Å². The average molecular weight is 313 g/mol. The topological polar surface area (TPSA) is 49.4 Å². The fourth-order valence-corrected chi connectivity index (χ4v) is 3.67. The molecule has 8 heteroatoms. The molecule has 0 aromatic heterocycles. The maximum atomic E-state index is 13.6. The van der Waals surface area contributed by atoms with Crippen molar-refractivity contribution in [2.75, 3.05) is 19.6 Å². The van der Waals surface area contributed by atoms with Gasteiger partial charge in [-0.05, 0) is 19.1 Å². The molecule has 0 saturated carbocycles. The van der Waals surface area contributed by atoms with Crippen LogP contribution in [0.15, 0.2) is 23.1 Å². The van der Waals surface area contributed by atoms with Gasteiger partial charge >= 0.3 is 0 Å². The van der Waals surface area contributed by atoms with E-state index in [4.69, 9.17) is 0 Å². The smallest absolute Gasteiger partial charge is 0.246 e. The Morgan fingerprint density at radius 2 is 2.05 bits per heavy atom. The molecule has 1 N–H and O–H groups in total. The molecule has 1 aliphatic heterocycles. The van der Waals surface area contributed by atoms with Gasteiger partial charge in [-0.3, -0.25) is 0 Å². The number of benzene rings is 1. The zero-order valence-electron chi connectivity index (χ0n) is 10.3. The van der Waals surface area contributed by atoms with Gasteiger partial charge in [-0.2, -0.15) is 4.31 Å². The van der Waals surface area contributed by atoms with Crippen LogP contribution in [0.2, 0.25) is 0 Å². The van der Waals surface area contributed by atoms with Gasteiger partial charge in [0.2, 0.25) is 10.0 Å². The Labute approximate surface area is 117 Å². The molecule has 2 rings (SSSR count). The van der Waals surface area contributed by atoms with Crippen LogP contribution in [0.25, 0.3) is 0 Å². The Bertz CT molecular complexity index is 554. The highest BCUT2D eigenvalue weighted by molar-refractivity contribution is 7.89. The molecule has 0 aliphatic carbocycles. The zero-order valence-corrected chi connectivity index (χ0v) is 11.9. The van der Waals surface area contributed by atoms with Gasteiger partial charge in [-0.15, -0.1) is 12.4 Å². The van der Waals surface area contributed by atoms with E-state index >= 15 is 0 Å². The number of hydrogen-bond donors (Lipinski definition) is 1. The largest absolute Gasteiger partial charge is 0.314 e. The third-order valence-electron chi connectivity index (χ3n) is 2.92. The monoisotopic (exact) mass is 312 g/mol. The summed E-state index contributed by atoms with van der Waals surface area (Å²) in [4.78, 5) is -0.474. The standard InChI is InChI=1S/C11H14F2N2O2S.ClH/c1-8-7-14-4-5-15(8)18(16,17)11-3-2-9(12)6-10(11)13;/h2-3,6,8,14H,4-5,7H2,1H3;1H/t8-;/m0./s1. The van der Waals surface area contributed by atoms with Gasteiger partial charge in [0.1, 0.15) is 16.5 Å². The highest BCUT2D eigenvalue weighted by atomic mass is 35.5. The van der Waals surface area contributed by atoms with Crippen molar-refractivity contribution >= 4 is 22.4 Å². The number of hydrogen-bond acceptors (Lipinski definition) is 3. The van der Waals surface area contributed by atoms with Gasteiger partial charge in [0.15, 0.2) is 0 Å². The van der Waals surface area contributed by atoms with Gasteiger partial charge in [0, 0.05) is 31.7 Å². The lowest BCUT2D eigenvalue weighted by Crippen LogP contribution is -2.52. The summed E-state index contributed by atoms with van der Waals surface area (Å²) in [5.41, 5.74) is 0. The molecule has 0 unspecified atom stereocenters. The molecular formula is C11H15ClF2N2O2S. The maximum absolute atomic E-state index is 13.6. The maximum Gasteiger partial charge on any atom is 0.246 e. The predicted molar refractivity (Wildman–Crippen MR) is 69.8 cm³/mol. The van der Waals surface area contributed by atoms with E-state index in [0.717, 1.165) is 12.1 Å². The molecule has 1 fully saturated rings. The predicted octanol–water partition coefficient (Wildman–Crippen LogP) is 1.37. The first kappa shape index (κ1) is 16.3. The van der Waals surface area contributed by atoms with Gasteiger partial charge in [-0.25, -0.2) is 17.2 Å². The Hall–Kier alpha value is -0.760.